The lowest BCUT2D eigenvalue weighted by atomic mass is 9.91. The molecule has 0 heterocycles. The molecule has 0 bridgehead atoms. The first kappa shape index (κ1) is 15.2. The van der Waals surface area contributed by atoms with E-state index < -0.39 is 11.9 Å². The summed E-state index contributed by atoms with van der Waals surface area (Å²) in [7, 11) is 1.33. The van der Waals surface area contributed by atoms with E-state index in [4.69, 9.17) is 4.74 Å². The predicted molar refractivity (Wildman–Crippen MR) is 83.3 cm³/mol. The third-order valence-electron chi connectivity index (χ3n) is 3.68. The number of hydrogen-bond acceptors (Lipinski definition) is 3. The van der Waals surface area contributed by atoms with Gasteiger partial charge in [-0.15, -0.1) is 0 Å². The van der Waals surface area contributed by atoms with Crippen molar-refractivity contribution in [3.05, 3.63) is 48.0 Å². The zero-order chi connectivity index (χ0) is 15.2. The van der Waals surface area contributed by atoms with Crippen molar-refractivity contribution in [2.45, 2.75) is 26.2 Å². The Labute approximate surface area is 124 Å². The van der Waals surface area contributed by atoms with Crippen molar-refractivity contribution >= 4 is 22.5 Å². The lowest BCUT2D eigenvalue weighted by Gasteiger charge is -2.13. The molecule has 0 saturated heterocycles. The number of hydrogen-bond donors (Lipinski definition) is 0. The van der Waals surface area contributed by atoms with Crippen LogP contribution in [0.5, 0.6) is 0 Å². The molecule has 1 unspecified atom stereocenters. The SMILES string of the molecule is CCCCC(C(=O)OC)C(=O)c1ccc2ccccc2c1. The number of Topliss-reactive ketones (excluding diaryl/α,β-unsaturated/α-hetero) is 1. The van der Waals surface area contributed by atoms with Crippen LogP contribution in [-0.2, 0) is 9.53 Å². The van der Waals surface area contributed by atoms with Crippen LogP contribution in [0.15, 0.2) is 42.5 Å². The zero-order valence-electron chi connectivity index (χ0n) is 12.5. The molecule has 0 radical (unpaired) electrons. The maximum atomic E-state index is 12.6. The first-order valence-corrected chi connectivity index (χ1v) is 7.28. The van der Waals surface area contributed by atoms with Gasteiger partial charge in [-0.1, -0.05) is 56.2 Å². The summed E-state index contributed by atoms with van der Waals surface area (Å²) in [5.74, 6) is -1.29. The molecule has 0 spiro atoms. The summed E-state index contributed by atoms with van der Waals surface area (Å²) in [5, 5.41) is 2.08. The van der Waals surface area contributed by atoms with Crippen LogP contribution >= 0.6 is 0 Å². The average Bonchev–Trinajstić information content (AvgIpc) is 2.54. The minimum Gasteiger partial charge on any atom is -0.468 e. The Morgan fingerprint density at radius 2 is 1.81 bits per heavy atom. The van der Waals surface area contributed by atoms with Crippen LogP contribution in [0.1, 0.15) is 36.5 Å². The van der Waals surface area contributed by atoms with E-state index in [9.17, 15) is 9.59 Å². The molecule has 0 aromatic heterocycles. The Kier molecular flexibility index (Phi) is 5.09. The monoisotopic (exact) mass is 284 g/mol. The molecule has 21 heavy (non-hydrogen) atoms. The highest BCUT2D eigenvalue weighted by Crippen LogP contribution is 2.21. The molecule has 2 aromatic rings. The van der Waals surface area contributed by atoms with Crippen molar-refractivity contribution in [2.24, 2.45) is 5.92 Å². The zero-order valence-corrected chi connectivity index (χ0v) is 12.5. The van der Waals surface area contributed by atoms with Gasteiger partial charge in [0.15, 0.2) is 5.78 Å². The van der Waals surface area contributed by atoms with Crippen LogP contribution in [0.4, 0.5) is 0 Å². The van der Waals surface area contributed by atoms with Gasteiger partial charge in [-0.3, -0.25) is 9.59 Å². The predicted octanol–water partition coefficient (Wildman–Crippen LogP) is 4.00. The fourth-order valence-electron chi connectivity index (χ4n) is 2.45. The molecule has 0 saturated carbocycles. The molecule has 0 amide bonds. The van der Waals surface area contributed by atoms with Gasteiger partial charge >= 0.3 is 5.97 Å². The maximum absolute atomic E-state index is 12.6. The third kappa shape index (κ3) is 3.48. The number of ketones is 1. The van der Waals surface area contributed by atoms with Gasteiger partial charge in [-0.25, -0.2) is 0 Å². The molecule has 0 aliphatic rings. The van der Waals surface area contributed by atoms with E-state index in [-0.39, 0.29) is 5.78 Å². The second kappa shape index (κ2) is 7.02. The van der Waals surface area contributed by atoms with Gasteiger partial charge in [-0.05, 0) is 23.3 Å². The molecule has 2 aromatic carbocycles. The lowest BCUT2D eigenvalue weighted by Crippen LogP contribution is -2.25. The number of rotatable bonds is 6. The van der Waals surface area contributed by atoms with E-state index in [1.165, 1.54) is 7.11 Å². The van der Waals surface area contributed by atoms with Gasteiger partial charge in [0, 0.05) is 5.56 Å². The van der Waals surface area contributed by atoms with Crippen molar-refractivity contribution in [1.29, 1.82) is 0 Å². The normalized spacial score (nSPS) is 12.1. The van der Waals surface area contributed by atoms with E-state index in [1.807, 2.05) is 43.3 Å². The summed E-state index contributed by atoms with van der Waals surface area (Å²) in [4.78, 5) is 24.4. The molecule has 110 valence electrons. The van der Waals surface area contributed by atoms with Gasteiger partial charge in [0.25, 0.3) is 0 Å². The highest BCUT2D eigenvalue weighted by Gasteiger charge is 2.27. The molecule has 0 fully saturated rings. The largest absolute Gasteiger partial charge is 0.468 e. The first-order chi connectivity index (χ1) is 10.2. The molecule has 3 heteroatoms. The van der Waals surface area contributed by atoms with Crippen LogP contribution in [0.2, 0.25) is 0 Å². The number of carbonyl (C=O) groups excluding carboxylic acids is 2. The molecule has 0 aliphatic carbocycles. The number of benzene rings is 2. The Morgan fingerprint density at radius 1 is 1.10 bits per heavy atom. The Balaban J connectivity index is 2.31. The number of fused-ring (bicyclic) bond motifs is 1. The summed E-state index contributed by atoms with van der Waals surface area (Å²) in [6.07, 6.45) is 2.31. The van der Waals surface area contributed by atoms with Crippen molar-refractivity contribution in [2.75, 3.05) is 7.11 Å². The fraction of sp³-hybridized carbons (Fsp3) is 0.333. The molecule has 0 N–H and O–H groups in total. The standard InChI is InChI=1S/C18H20O3/c1-3-4-9-16(18(20)21-2)17(19)15-11-10-13-7-5-6-8-14(13)12-15/h5-8,10-12,16H,3-4,9H2,1-2H3. The molecular formula is C18H20O3. The van der Waals surface area contributed by atoms with Gasteiger partial charge in [0.1, 0.15) is 5.92 Å². The minimum atomic E-state index is -0.698. The third-order valence-corrected chi connectivity index (χ3v) is 3.68. The summed E-state index contributed by atoms with van der Waals surface area (Å²) in [6.45, 7) is 2.04. The van der Waals surface area contributed by atoms with Gasteiger partial charge < -0.3 is 4.74 Å². The van der Waals surface area contributed by atoms with Crippen LogP contribution in [0, 0.1) is 5.92 Å². The van der Waals surface area contributed by atoms with Crippen LogP contribution in [-0.4, -0.2) is 18.9 Å². The van der Waals surface area contributed by atoms with Crippen molar-refractivity contribution in [1.82, 2.24) is 0 Å². The van der Waals surface area contributed by atoms with Gasteiger partial charge in [-0.2, -0.15) is 0 Å². The van der Waals surface area contributed by atoms with E-state index in [2.05, 4.69) is 0 Å². The number of methoxy groups -OCH3 is 1. The van der Waals surface area contributed by atoms with Crippen LogP contribution < -0.4 is 0 Å². The van der Waals surface area contributed by atoms with E-state index in [1.54, 1.807) is 6.07 Å². The van der Waals surface area contributed by atoms with Gasteiger partial charge in [0.05, 0.1) is 7.11 Å². The summed E-state index contributed by atoms with van der Waals surface area (Å²) in [6, 6.07) is 13.4. The van der Waals surface area contributed by atoms with Crippen molar-refractivity contribution in [3.8, 4) is 0 Å². The second-order valence-corrected chi connectivity index (χ2v) is 5.14. The van der Waals surface area contributed by atoms with E-state index >= 15 is 0 Å². The van der Waals surface area contributed by atoms with Crippen LogP contribution in [0.25, 0.3) is 10.8 Å². The Hall–Kier alpha value is -2.16. The van der Waals surface area contributed by atoms with Crippen molar-refractivity contribution < 1.29 is 14.3 Å². The summed E-state index contributed by atoms with van der Waals surface area (Å²) < 4.78 is 4.78. The quantitative estimate of drug-likeness (QED) is 0.457. The van der Waals surface area contributed by atoms with Gasteiger partial charge in [0.2, 0.25) is 0 Å². The first-order valence-electron chi connectivity index (χ1n) is 7.28. The molecule has 2 rings (SSSR count). The average molecular weight is 284 g/mol. The van der Waals surface area contributed by atoms with E-state index in [0.717, 1.165) is 23.6 Å². The number of ether oxygens (including phenoxy) is 1. The van der Waals surface area contributed by atoms with Crippen LogP contribution in [0.3, 0.4) is 0 Å². The number of unbranched alkanes of at least 4 members (excludes halogenated alkanes) is 1. The highest BCUT2D eigenvalue weighted by molar-refractivity contribution is 6.10. The molecule has 0 aliphatic heterocycles. The summed E-state index contributed by atoms with van der Waals surface area (Å²) in [5.41, 5.74) is 0.570. The fourth-order valence-corrected chi connectivity index (χ4v) is 2.45. The second-order valence-electron chi connectivity index (χ2n) is 5.14. The molecule has 1 atom stereocenters. The smallest absolute Gasteiger partial charge is 0.316 e. The number of esters is 1. The maximum Gasteiger partial charge on any atom is 0.316 e. The Morgan fingerprint density at radius 3 is 2.48 bits per heavy atom. The van der Waals surface area contributed by atoms with Crippen molar-refractivity contribution in [3.63, 3.8) is 0 Å². The molecule has 3 nitrogen and oxygen atoms in total. The minimum absolute atomic E-state index is 0.152. The Bertz CT molecular complexity index is 646. The number of carbonyl (C=O) groups is 2. The topological polar surface area (TPSA) is 43.4 Å². The molecular weight excluding hydrogens is 264 g/mol. The van der Waals surface area contributed by atoms with E-state index in [0.29, 0.717) is 12.0 Å². The lowest BCUT2D eigenvalue weighted by molar-refractivity contribution is -0.143. The summed E-state index contributed by atoms with van der Waals surface area (Å²) >= 11 is 0. The highest BCUT2D eigenvalue weighted by atomic mass is 16.5.